The summed E-state index contributed by atoms with van der Waals surface area (Å²) in [5, 5.41) is 3.40. The minimum atomic E-state index is -4.05. The summed E-state index contributed by atoms with van der Waals surface area (Å²) >= 11 is 12.4. The lowest BCUT2D eigenvalue weighted by Crippen LogP contribution is -2.38. The Labute approximate surface area is 197 Å². The van der Waals surface area contributed by atoms with Crippen molar-refractivity contribution in [3.63, 3.8) is 0 Å². The average Bonchev–Trinajstić information content (AvgIpc) is 2.74. The molecule has 0 aliphatic carbocycles. The monoisotopic (exact) mass is 492 g/mol. The zero-order valence-corrected chi connectivity index (χ0v) is 20.1. The first kappa shape index (κ1) is 23.9. The van der Waals surface area contributed by atoms with Crippen molar-refractivity contribution < 1.29 is 17.9 Å². The Bertz CT molecular complexity index is 1250. The van der Waals surface area contributed by atoms with Crippen LogP contribution in [0.5, 0.6) is 5.75 Å². The molecule has 6 nitrogen and oxygen atoms in total. The number of halogens is 2. The van der Waals surface area contributed by atoms with Crippen molar-refractivity contribution in [2.45, 2.75) is 18.7 Å². The highest BCUT2D eigenvalue weighted by Gasteiger charge is 2.29. The minimum Gasteiger partial charge on any atom is -0.495 e. The third kappa shape index (κ3) is 5.18. The molecule has 9 heteroatoms. The van der Waals surface area contributed by atoms with Crippen LogP contribution in [-0.2, 0) is 14.8 Å². The number of carbonyl (C=O) groups excluding carboxylic acids is 1. The van der Waals surface area contributed by atoms with Crippen LogP contribution in [0.2, 0.25) is 10.0 Å². The van der Waals surface area contributed by atoms with E-state index in [0.29, 0.717) is 32.7 Å². The molecule has 0 aliphatic rings. The molecule has 0 radical (unpaired) electrons. The van der Waals surface area contributed by atoms with Gasteiger partial charge in [-0.3, -0.25) is 9.10 Å². The van der Waals surface area contributed by atoms with Gasteiger partial charge in [-0.1, -0.05) is 47.0 Å². The quantitative estimate of drug-likeness (QED) is 0.475. The summed E-state index contributed by atoms with van der Waals surface area (Å²) in [5.74, 6) is -0.0795. The fourth-order valence-corrected chi connectivity index (χ4v) is 4.98. The number of carbonyl (C=O) groups is 1. The minimum absolute atomic E-state index is 0.0720. The highest BCUT2D eigenvalue weighted by molar-refractivity contribution is 7.92. The van der Waals surface area contributed by atoms with Gasteiger partial charge in [0.05, 0.1) is 22.7 Å². The number of hydrogen-bond donors (Lipinski definition) is 1. The lowest BCUT2D eigenvalue weighted by atomic mass is 10.2. The van der Waals surface area contributed by atoms with Crippen molar-refractivity contribution in [3.8, 4) is 5.75 Å². The van der Waals surface area contributed by atoms with Crippen LogP contribution in [0.4, 0.5) is 11.4 Å². The number of rotatable bonds is 7. The number of nitrogens with one attached hydrogen (secondary N) is 1. The van der Waals surface area contributed by atoms with E-state index in [1.807, 2.05) is 6.92 Å². The number of aryl methyl sites for hydroxylation is 1. The molecule has 0 heterocycles. The molecular weight excluding hydrogens is 471 g/mol. The lowest BCUT2D eigenvalue weighted by molar-refractivity contribution is -0.114. The standard InChI is InChI=1S/C23H22Cl2N2O4S/c1-15-7-10-18(11-8-15)32(29,30)27(21-6-4-5-19(24)16(21)2)14-23(28)26-17-9-12-22(31-3)20(25)13-17/h4-13H,14H2,1-3H3,(H,26,28). The predicted molar refractivity (Wildman–Crippen MR) is 129 cm³/mol. The van der Waals surface area contributed by atoms with Crippen LogP contribution in [0.25, 0.3) is 0 Å². The van der Waals surface area contributed by atoms with Gasteiger partial charge in [0.1, 0.15) is 12.3 Å². The van der Waals surface area contributed by atoms with E-state index in [4.69, 9.17) is 27.9 Å². The second kappa shape index (κ2) is 9.81. The molecule has 0 spiro atoms. The molecule has 0 saturated carbocycles. The van der Waals surface area contributed by atoms with E-state index in [9.17, 15) is 13.2 Å². The van der Waals surface area contributed by atoms with E-state index in [0.717, 1.165) is 9.87 Å². The molecule has 32 heavy (non-hydrogen) atoms. The predicted octanol–water partition coefficient (Wildman–Crippen LogP) is 5.45. The molecule has 0 aromatic heterocycles. The Kier molecular flexibility index (Phi) is 7.33. The van der Waals surface area contributed by atoms with E-state index in [-0.39, 0.29) is 4.90 Å². The zero-order valence-electron chi connectivity index (χ0n) is 17.7. The second-order valence-corrected chi connectivity index (χ2v) is 9.78. The maximum absolute atomic E-state index is 13.5. The Hall–Kier alpha value is -2.74. The summed E-state index contributed by atoms with van der Waals surface area (Å²) in [5.41, 5.74) is 2.20. The molecule has 168 valence electrons. The number of ether oxygens (including phenoxy) is 1. The molecule has 1 N–H and O–H groups in total. The van der Waals surface area contributed by atoms with Gasteiger partial charge in [-0.15, -0.1) is 0 Å². The number of amides is 1. The van der Waals surface area contributed by atoms with Crippen molar-refractivity contribution in [3.05, 3.63) is 81.8 Å². The van der Waals surface area contributed by atoms with Crippen LogP contribution in [0.3, 0.4) is 0 Å². The molecule has 3 aromatic carbocycles. The van der Waals surface area contributed by atoms with Crippen molar-refractivity contribution in [1.29, 1.82) is 0 Å². The summed E-state index contributed by atoms with van der Waals surface area (Å²) in [4.78, 5) is 12.9. The van der Waals surface area contributed by atoms with Crippen LogP contribution >= 0.6 is 23.2 Å². The molecular formula is C23H22Cl2N2O4S. The summed E-state index contributed by atoms with van der Waals surface area (Å²) in [6.45, 7) is 3.11. The van der Waals surface area contributed by atoms with Crippen LogP contribution in [0.1, 0.15) is 11.1 Å². The van der Waals surface area contributed by atoms with Gasteiger partial charge in [-0.25, -0.2) is 8.42 Å². The van der Waals surface area contributed by atoms with Gasteiger partial charge < -0.3 is 10.1 Å². The molecule has 0 aliphatic heterocycles. The van der Waals surface area contributed by atoms with Crippen LogP contribution < -0.4 is 14.4 Å². The first-order chi connectivity index (χ1) is 15.1. The number of benzene rings is 3. The number of nitrogens with zero attached hydrogens (tertiary/aromatic N) is 1. The van der Waals surface area contributed by atoms with Crippen molar-refractivity contribution >= 4 is 50.5 Å². The van der Waals surface area contributed by atoms with Gasteiger partial charge >= 0.3 is 0 Å². The highest BCUT2D eigenvalue weighted by atomic mass is 35.5. The molecule has 3 aromatic rings. The van der Waals surface area contributed by atoms with E-state index in [1.54, 1.807) is 49.4 Å². The summed E-state index contributed by atoms with van der Waals surface area (Å²) in [7, 11) is -2.56. The largest absolute Gasteiger partial charge is 0.495 e. The third-order valence-electron chi connectivity index (χ3n) is 4.84. The Morgan fingerprint density at radius 2 is 1.69 bits per heavy atom. The van der Waals surface area contributed by atoms with E-state index in [1.165, 1.54) is 25.3 Å². The summed E-state index contributed by atoms with van der Waals surface area (Å²) < 4.78 is 33.2. The van der Waals surface area contributed by atoms with E-state index >= 15 is 0 Å². The van der Waals surface area contributed by atoms with Gasteiger partial charge in [0.25, 0.3) is 10.0 Å². The third-order valence-corrected chi connectivity index (χ3v) is 7.32. The topological polar surface area (TPSA) is 75.7 Å². The molecule has 0 atom stereocenters. The van der Waals surface area contributed by atoms with Crippen molar-refractivity contribution in [2.24, 2.45) is 0 Å². The first-order valence-corrected chi connectivity index (χ1v) is 11.8. The molecule has 1 amide bonds. The smallest absolute Gasteiger partial charge is 0.264 e. The van der Waals surface area contributed by atoms with Gasteiger partial charge in [0.15, 0.2) is 0 Å². The SMILES string of the molecule is COc1ccc(NC(=O)CN(c2cccc(Cl)c2C)S(=O)(=O)c2ccc(C)cc2)cc1Cl. The Balaban J connectivity index is 1.97. The maximum atomic E-state index is 13.5. The van der Waals surface area contributed by atoms with Crippen LogP contribution in [0.15, 0.2) is 65.6 Å². The lowest BCUT2D eigenvalue weighted by Gasteiger charge is -2.26. The van der Waals surface area contributed by atoms with Gasteiger partial charge in [-0.2, -0.15) is 0 Å². The molecule has 0 bridgehead atoms. The fourth-order valence-electron chi connectivity index (χ4n) is 3.08. The van der Waals surface area contributed by atoms with E-state index in [2.05, 4.69) is 5.32 Å². The molecule has 0 fully saturated rings. The average molecular weight is 493 g/mol. The number of hydrogen-bond acceptors (Lipinski definition) is 4. The number of methoxy groups -OCH3 is 1. The van der Waals surface area contributed by atoms with Crippen molar-refractivity contribution in [1.82, 2.24) is 0 Å². The summed E-state index contributed by atoms with van der Waals surface area (Å²) in [6, 6.07) is 16.1. The van der Waals surface area contributed by atoms with Gasteiger partial charge in [0, 0.05) is 10.7 Å². The van der Waals surface area contributed by atoms with E-state index < -0.39 is 22.5 Å². The molecule has 3 rings (SSSR count). The first-order valence-electron chi connectivity index (χ1n) is 9.61. The molecule has 0 saturated heterocycles. The Morgan fingerprint density at radius 1 is 1.00 bits per heavy atom. The maximum Gasteiger partial charge on any atom is 0.264 e. The number of anilines is 2. The fraction of sp³-hybridized carbons (Fsp3) is 0.174. The van der Waals surface area contributed by atoms with Crippen LogP contribution in [0, 0.1) is 13.8 Å². The Morgan fingerprint density at radius 3 is 2.31 bits per heavy atom. The normalized spacial score (nSPS) is 11.2. The van der Waals surface area contributed by atoms with Gasteiger partial charge in [-0.05, 0) is 61.9 Å². The second-order valence-electron chi connectivity index (χ2n) is 7.11. The van der Waals surface area contributed by atoms with Crippen LogP contribution in [-0.4, -0.2) is 28.0 Å². The summed E-state index contributed by atoms with van der Waals surface area (Å²) in [6.07, 6.45) is 0. The number of sulfonamides is 1. The van der Waals surface area contributed by atoms with Crippen molar-refractivity contribution in [2.75, 3.05) is 23.3 Å². The highest BCUT2D eigenvalue weighted by Crippen LogP contribution is 2.31. The molecule has 0 unspecified atom stereocenters. The van der Waals surface area contributed by atoms with Gasteiger partial charge in [0.2, 0.25) is 5.91 Å². The zero-order chi connectivity index (χ0) is 23.5.